The molecule has 0 bridgehead atoms. The summed E-state index contributed by atoms with van der Waals surface area (Å²) in [5.41, 5.74) is 5.32. The summed E-state index contributed by atoms with van der Waals surface area (Å²) in [6.45, 7) is 7.78. The number of allylic oxidation sites excluding steroid dienone is 1. The molecular formula is C21H23N9. The minimum absolute atomic E-state index is 0.143. The van der Waals surface area contributed by atoms with Gasteiger partial charge in [-0.05, 0) is 31.6 Å². The lowest BCUT2D eigenvalue weighted by Gasteiger charge is -2.29. The van der Waals surface area contributed by atoms with Crippen molar-refractivity contribution in [2.24, 2.45) is 15.1 Å². The van der Waals surface area contributed by atoms with E-state index in [1.165, 1.54) is 0 Å². The molecule has 0 aliphatic carbocycles. The Morgan fingerprint density at radius 1 is 1.47 bits per heavy atom. The van der Waals surface area contributed by atoms with E-state index in [4.69, 9.17) is 0 Å². The van der Waals surface area contributed by atoms with Gasteiger partial charge in [0.15, 0.2) is 11.7 Å². The molecule has 9 nitrogen and oxygen atoms in total. The zero-order valence-electron chi connectivity index (χ0n) is 17.0. The van der Waals surface area contributed by atoms with Crippen LogP contribution in [0.15, 0.2) is 57.3 Å². The topological polar surface area (TPSA) is 116 Å². The molecule has 0 fully saturated rings. The van der Waals surface area contributed by atoms with Crippen molar-refractivity contribution in [1.82, 2.24) is 15.4 Å². The first-order valence-corrected chi connectivity index (χ1v) is 9.71. The van der Waals surface area contributed by atoms with Crippen LogP contribution in [0.3, 0.4) is 0 Å². The van der Waals surface area contributed by atoms with Crippen molar-refractivity contribution in [3.63, 3.8) is 0 Å². The number of nitrogens with one attached hydrogen (secondary N) is 1. The maximum absolute atomic E-state index is 9.48. The van der Waals surface area contributed by atoms with Crippen LogP contribution in [0.2, 0.25) is 0 Å². The summed E-state index contributed by atoms with van der Waals surface area (Å²) in [6.07, 6.45) is 8.09. The summed E-state index contributed by atoms with van der Waals surface area (Å²) in [5, 5.41) is 26.6. The van der Waals surface area contributed by atoms with Crippen LogP contribution < -0.4 is 10.4 Å². The number of hydrazone groups is 1. The van der Waals surface area contributed by atoms with Crippen LogP contribution in [0.25, 0.3) is 0 Å². The maximum atomic E-state index is 9.48. The monoisotopic (exact) mass is 401 g/mol. The van der Waals surface area contributed by atoms with Crippen molar-refractivity contribution in [3.8, 4) is 12.1 Å². The Bertz CT molecular complexity index is 1010. The zero-order valence-corrected chi connectivity index (χ0v) is 17.0. The molecule has 9 heteroatoms. The Kier molecular flexibility index (Phi) is 6.68. The number of amidine groups is 1. The summed E-state index contributed by atoms with van der Waals surface area (Å²) in [6, 6.07) is 7.58. The third kappa shape index (κ3) is 4.27. The van der Waals surface area contributed by atoms with Gasteiger partial charge in [-0.3, -0.25) is 0 Å². The number of rotatable bonds is 8. The van der Waals surface area contributed by atoms with Gasteiger partial charge in [0.05, 0.1) is 17.3 Å². The van der Waals surface area contributed by atoms with Gasteiger partial charge in [-0.2, -0.15) is 21.1 Å². The molecular weight excluding hydrogens is 378 g/mol. The third-order valence-corrected chi connectivity index (χ3v) is 4.64. The Hall–Kier alpha value is -3.82. The first kappa shape index (κ1) is 20.9. The lowest BCUT2D eigenvalue weighted by molar-refractivity contribution is 0.460. The Labute approximate surface area is 176 Å². The van der Waals surface area contributed by atoms with Gasteiger partial charge in [0.1, 0.15) is 18.5 Å². The molecule has 2 aliphatic rings. The number of hydrogen-bond acceptors (Lipinski definition) is 9. The number of hydrazine groups is 1. The molecule has 0 radical (unpaired) electrons. The number of aliphatic imine (C=N–C) groups is 2. The van der Waals surface area contributed by atoms with Crippen LogP contribution >= 0.6 is 0 Å². The van der Waals surface area contributed by atoms with Crippen LogP contribution in [0.5, 0.6) is 0 Å². The molecule has 30 heavy (non-hydrogen) atoms. The Morgan fingerprint density at radius 2 is 2.30 bits per heavy atom. The number of pyridine rings is 1. The van der Waals surface area contributed by atoms with Gasteiger partial charge in [0, 0.05) is 24.4 Å². The first-order chi connectivity index (χ1) is 14.6. The van der Waals surface area contributed by atoms with Gasteiger partial charge in [-0.15, -0.1) is 0 Å². The van der Waals surface area contributed by atoms with Crippen LogP contribution in [-0.4, -0.2) is 40.6 Å². The largest absolute Gasteiger partial charge is 0.246 e. The van der Waals surface area contributed by atoms with E-state index >= 15 is 0 Å². The lowest BCUT2D eigenvalue weighted by atomic mass is 10.0. The molecule has 2 aliphatic heterocycles. The van der Waals surface area contributed by atoms with Crippen LogP contribution in [0.1, 0.15) is 38.7 Å². The molecule has 2 atom stereocenters. The number of nitriles is 2. The molecule has 3 rings (SSSR count). The number of aromatic nitrogens is 1. The van der Waals surface area contributed by atoms with E-state index < -0.39 is 6.17 Å². The van der Waals surface area contributed by atoms with Crippen molar-refractivity contribution in [2.45, 2.75) is 45.3 Å². The molecule has 0 spiro atoms. The molecule has 0 aromatic carbocycles. The van der Waals surface area contributed by atoms with Crippen LogP contribution in [0, 0.1) is 22.7 Å². The van der Waals surface area contributed by atoms with Crippen LogP contribution in [-0.2, 0) is 0 Å². The van der Waals surface area contributed by atoms with Crippen molar-refractivity contribution in [2.75, 3.05) is 5.01 Å². The summed E-state index contributed by atoms with van der Waals surface area (Å²) in [4.78, 5) is 13.5. The standard InChI is InChI=1S/C21H23N9/c1-4-7-17-18(25-14-29-21(17)27-19(13-23)28-29)11-15(3)30(26-9-5-2)20-16(12-22)8-6-10-24-20/h5-6,8-10,14-15,19,28H,2,4,7,11H2,1,3H3/b26-9-. The second-order valence-corrected chi connectivity index (χ2v) is 6.79. The van der Waals surface area contributed by atoms with Crippen LogP contribution in [0.4, 0.5) is 5.82 Å². The number of nitrogens with zero attached hydrogens (tertiary/aromatic N) is 8. The van der Waals surface area contributed by atoms with E-state index in [0.29, 0.717) is 17.8 Å². The lowest BCUT2D eigenvalue weighted by Crippen LogP contribution is -2.41. The highest BCUT2D eigenvalue weighted by molar-refractivity contribution is 6.07. The van der Waals surface area contributed by atoms with Gasteiger partial charge in [-0.1, -0.05) is 19.9 Å². The fourth-order valence-electron chi connectivity index (χ4n) is 3.32. The van der Waals surface area contributed by atoms with E-state index in [1.807, 2.05) is 6.92 Å². The molecule has 1 N–H and O–H groups in total. The molecule has 3 heterocycles. The molecule has 0 saturated heterocycles. The average Bonchev–Trinajstić information content (AvgIpc) is 3.20. The van der Waals surface area contributed by atoms with Gasteiger partial charge >= 0.3 is 0 Å². The second kappa shape index (κ2) is 9.59. The molecule has 1 aromatic rings. The van der Waals surface area contributed by atoms with E-state index in [1.54, 1.807) is 47.0 Å². The number of hydrogen-bond donors (Lipinski definition) is 1. The molecule has 152 valence electrons. The minimum Gasteiger partial charge on any atom is -0.246 e. The van der Waals surface area contributed by atoms with Gasteiger partial charge in [0.2, 0.25) is 6.17 Å². The predicted octanol–water partition coefficient (Wildman–Crippen LogP) is 2.87. The van der Waals surface area contributed by atoms with E-state index in [-0.39, 0.29) is 6.04 Å². The molecule has 0 amide bonds. The third-order valence-electron chi connectivity index (χ3n) is 4.64. The van der Waals surface area contributed by atoms with Gasteiger partial charge in [0.25, 0.3) is 0 Å². The van der Waals surface area contributed by atoms with Gasteiger partial charge < -0.3 is 0 Å². The Morgan fingerprint density at radius 3 is 3.00 bits per heavy atom. The molecule has 1 aromatic heterocycles. The van der Waals surface area contributed by atoms with Gasteiger partial charge in [-0.25, -0.2) is 25.0 Å². The fourth-order valence-corrected chi connectivity index (χ4v) is 3.32. The van der Waals surface area contributed by atoms with Crippen molar-refractivity contribution >= 4 is 24.2 Å². The van der Waals surface area contributed by atoms with Crippen molar-refractivity contribution < 1.29 is 0 Å². The smallest absolute Gasteiger partial charge is 0.206 e. The quantitative estimate of drug-likeness (QED) is 0.529. The maximum Gasteiger partial charge on any atom is 0.206 e. The predicted molar refractivity (Wildman–Crippen MR) is 116 cm³/mol. The Balaban J connectivity index is 1.95. The van der Waals surface area contributed by atoms with E-state index in [9.17, 15) is 10.5 Å². The van der Waals surface area contributed by atoms with Crippen molar-refractivity contribution in [1.29, 1.82) is 10.5 Å². The fraction of sp³-hybridized carbons (Fsp3) is 0.333. The summed E-state index contributed by atoms with van der Waals surface area (Å²) < 4.78 is 0. The molecule has 2 unspecified atom stereocenters. The van der Waals surface area contributed by atoms with Crippen molar-refractivity contribution in [3.05, 3.63) is 47.8 Å². The SMILES string of the molecule is C=C/C=N\N(c1ncccc1C#N)C(C)CC1=C(CCC)C2=NC(C#N)NN2C=N1. The normalized spacial score (nSPS) is 18.6. The highest BCUT2D eigenvalue weighted by Gasteiger charge is 2.31. The summed E-state index contributed by atoms with van der Waals surface area (Å²) in [7, 11) is 0. The molecule has 0 saturated carbocycles. The summed E-state index contributed by atoms with van der Waals surface area (Å²) >= 11 is 0. The number of fused-ring (bicyclic) bond motifs is 1. The second-order valence-electron chi connectivity index (χ2n) is 6.79. The number of anilines is 1. The average molecular weight is 401 g/mol. The summed E-state index contributed by atoms with van der Waals surface area (Å²) in [5.74, 6) is 1.21. The van der Waals surface area contributed by atoms with E-state index in [2.05, 4.69) is 51.1 Å². The van der Waals surface area contributed by atoms with E-state index in [0.717, 1.165) is 29.9 Å². The highest BCUT2D eigenvalue weighted by Crippen LogP contribution is 2.29. The zero-order chi connectivity index (χ0) is 21.5. The minimum atomic E-state index is -0.615. The first-order valence-electron chi connectivity index (χ1n) is 9.71. The highest BCUT2D eigenvalue weighted by atomic mass is 15.6.